The average Bonchev–Trinajstić information content (AvgIpc) is 2.88. The highest BCUT2D eigenvalue weighted by Gasteiger charge is 2.51. The third-order valence-electron chi connectivity index (χ3n) is 3.90. The van der Waals surface area contributed by atoms with Crippen LogP contribution in [0.1, 0.15) is 37.4 Å². The summed E-state index contributed by atoms with van der Waals surface area (Å²) in [6, 6.07) is 5.63. The number of alkyl halides is 3. The Balaban J connectivity index is 2.38. The quantitative estimate of drug-likeness (QED) is 0.862. The molecule has 1 fully saturated rings. The molecule has 1 aliphatic rings. The predicted molar refractivity (Wildman–Crippen MR) is 65.1 cm³/mol. The molecule has 1 aromatic rings. The second-order valence-corrected chi connectivity index (χ2v) is 5.65. The molecule has 0 amide bonds. The summed E-state index contributed by atoms with van der Waals surface area (Å²) >= 11 is 0. The number of hydrogen-bond donors (Lipinski definition) is 1. The lowest BCUT2D eigenvalue weighted by atomic mass is 9.93. The van der Waals surface area contributed by atoms with Crippen molar-refractivity contribution in [1.29, 1.82) is 0 Å². The van der Waals surface area contributed by atoms with Gasteiger partial charge in [0.25, 0.3) is 0 Å². The van der Waals surface area contributed by atoms with Crippen molar-refractivity contribution in [2.24, 2.45) is 11.3 Å². The lowest BCUT2D eigenvalue weighted by Gasteiger charge is -2.22. The van der Waals surface area contributed by atoms with Gasteiger partial charge in [-0.2, -0.15) is 13.2 Å². The number of benzene rings is 1. The smallest absolute Gasteiger partial charge is 0.313 e. The van der Waals surface area contributed by atoms with Gasteiger partial charge in [-0.1, -0.05) is 32.0 Å². The predicted octanol–water partition coefficient (Wildman–Crippen LogP) is 4.01. The van der Waals surface area contributed by atoms with Gasteiger partial charge < -0.3 is 5.32 Å². The summed E-state index contributed by atoms with van der Waals surface area (Å²) in [5, 5.41) is 3.05. The Morgan fingerprint density at radius 3 is 2.28 bits per heavy atom. The van der Waals surface area contributed by atoms with Gasteiger partial charge in [-0.3, -0.25) is 0 Å². The average molecular weight is 257 g/mol. The topological polar surface area (TPSA) is 12.0 Å². The van der Waals surface area contributed by atoms with Crippen LogP contribution in [0.25, 0.3) is 0 Å². The van der Waals surface area contributed by atoms with Crippen molar-refractivity contribution in [2.45, 2.75) is 32.5 Å². The standard InChI is InChI=1S/C14H18F3N/c1-13(2)8-11(13)12(18-3)9-6-4-5-7-10(9)14(15,16)17/h4-7,11-12,18H,8H2,1-3H3. The molecule has 100 valence electrons. The first-order valence-electron chi connectivity index (χ1n) is 6.11. The van der Waals surface area contributed by atoms with Crippen LogP contribution in [0.4, 0.5) is 13.2 Å². The molecule has 0 heterocycles. The molecule has 1 nitrogen and oxygen atoms in total. The Hall–Kier alpha value is -1.03. The minimum absolute atomic E-state index is 0.131. The molecule has 2 unspecified atom stereocenters. The van der Waals surface area contributed by atoms with Crippen LogP contribution in [0.2, 0.25) is 0 Å². The van der Waals surface area contributed by atoms with Gasteiger partial charge in [0, 0.05) is 6.04 Å². The number of hydrogen-bond acceptors (Lipinski definition) is 1. The van der Waals surface area contributed by atoms with Crippen molar-refractivity contribution in [3.8, 4) is 0 Å². The van der Waals surface area contributed by atoms with Gasteiger partial charge >= 0.3 is 6.18 Å². The molecule has 0 bridgehead atoms. The molecule has 0 saturated heterocycles. The minimum atomic E-state index is -4.29. The molecule has 2 rings (SSSR count). The number of rotatable bonds is 3. The first-order valence-corrected chi connectivity index (χ1v) is 6.11. The van der Waals surface area contributed by atoms with E-state index in [0.29, 0.717) is 5.56 Å². The van der Waals surface area contributed by atoms with Crippen LogP contribution in [0.5, 0.6) is 0 Å². The molecule has 4 heteroatoms. The van der Waals surface area contributed by atoms with Gasteiger partial charge in [0.2, 0.25) is 0 Å². The van der Waals surface area contributed by atoms with Gasteiger partial charge in [-0.15, -0.1) is 0 Å². The van der Waals surface area contributed by atoms with E-state index in [0.717, 1.165) is 12.5 Å². The fourth-order valence-electron chi connectivity index (χ4n) is 2.68. The van der Waals surface area contributed by atoms with Crippen LogP contribution in [0.3, 0.4) is 0 Å². The van der Waals surface area contributed by atoms with E-state index in [-0.39, 0.29) is 17.4 Å². The molecule has 0 spiro atoms. The first kappa shape index (κ1) is 13.4. The monoisotopic (exact) mass is 257 g/mol. The Labute approximate surface area is 105 Å². The van der Waals surface area contributed by atoms with E-state index in [1.165, 1.54) is 6.07 Å². The normalized spacial score (nSPS) is 23.8. The SMILES string of the molecule is CNC(c1ccccc1C(F)(F)F)C1CC1(C)C. The fraction of sp³-hybridized carbons (Fsp3) is 0.571. The van der Waals surface area contributed by atoms with Gasteiger partial charge in [0.1, 0.15) is 0 Å². The highest BCUT2D eigenvalue weighted by molar-refractivity contribution is 5.34. The van der Waals surface area contributed by atoms with E-state index < -0.39 is 11.7 Å². The summed E-state index contributed by atoms with van der Waals surface area (Å²) in [5.74, 6) is 0.269. The van der Waals surface area contributed by atoms with Crippen LogP contribution in [-0.2, 0) is 6.18 Å². The molecule has 1 aliphatic carbocycles. The summed E-state index contributed by atoms with van der Waals surface area (Å²) in [5.41, 5.74) is -0.0260. The van der Waals surface area contributed by atoms with Crippen LogP contribution < -0.4 is 5.32 Å². The molecular weight excluding hydrogens is 239 g/mol. The maximum Gasteiger partial charge on any atom is 0.416 e. The van der Waals surface area contributed by atoms with Gasteiger partial charge in [0.15, 0.2) is 0 Å². The van der Waals surface area contributed by atoms with Gasteiger partial charge in [-0.05, 0) is 36.4 Å². The Kier molecular flexibility index (Phi) is 3.18. The zero-order chi connectivity index (χ0) is 13.6. The Morgan fingerprint density at radius 1 is 1.28 bits per heavy atom. The molecular formula is C14H18F3N. The molecule has 2 atom stereocenters. The first-order chi connectivity index (χ1) is 8.27. The van der Waals surface area contributed by atoms with Gasteiger partial charge in [0.05, 0.1) is 5.56 Å². The highest BCUT2D eigenvalue weighted by Crippen LogP contribution is 2.58. The van der Waals surface area contributed by atoms with Crippen molar-refractivity contribution in [3.05, 3.63) is 35.4 Å². The zero-order valence-electron chi connectivity index (χ0n) is 10.8. The molecule has 0 radical (unpaired) electrons. The van der Waals surface area contributed by atoms with Crippen molar-refractivity contribution in [1.82, 2.24) is 5.32 Å². The van der Waals surface area contributed by atoms with Gasteiger partial charge in [-0.25, -0.2) is 0 Å². The molecule has 1 saturated carbocycles. The molecule has 0 aromatic heterocycles. The number of halogens is 3. The third kappa shape index (κ3) is 2.39. The van der Waals surface area contributed by atoms with Crippen LogP contribution in [-0.4, -0.2) is 7.05 Å². The van der Waals surface area contributed by atoms with E-state index in [9.17, 15) is 13.2 Å². The molecule has 1 N–H and O–H groups in total. The van der Waals surface area contributed by atoms with E-state index in [2.05, 4.69) is 19.2 Å². The Morgan fingerprint density at radius 2 is 1.83 bits per heavy atom. The second-order valence-electron chi connectivity index (χ2n) is 5.65. The van der Waals surface area contributed by atoms with E-state index in [1.54, 1.807) is 19.2 Å². The number of nitrogens with one attached hydrogen (secondary N) is 1. The summed E-state index contributed by atoms with van der Waals surface area (Å²) < 4.78 is 39.0. The summed E-state index contributed by atoms with van der Waals surface area (Å²) in [7, 11) is 1.73. The van der Waals surface area contributed by atoms with Crippen LogP contribution in [0.15, 0.2) is 24.3 Å². The highest BCUT2D eigenvalue weighted by atomic mass is 19.4. The van der Waals surface area contributed by atoms with Crippen molar-refractivity contribution < 1.29 is 13.2 Å². The van der Waals surface area contributed by atoms with Crippen molar-refractivity contribution in [3.63, 3.8) is 0 Å². The summed E-state index contributed by atoms with van der Waals surface area (Å²) in [4.78, 5) is 0. The third-order valence-corrected chi connectivity index (χ3v) is 3.90. The lowest BCUT2D eigenvalue weighted by Crippen LogP contribution is -2.24. The molecule has 0 aliphatic heterocycles. The van der Waals surface area contributed by atoms with E-state index in [4.69, 9.17) is 0 Å². The molecule has 1 aromatic carbocycles. The summed E-state index contributed by atoms with van der Waals surface area (Å²) in [6.45, 7) is 4.19. The van der Waals surface area contributed by atoms with E-state index in [1.807, 2.05) is 0 Å². The summed E-state index contributed by atoms with van der Waals surface area (Å²) in [6.07, 6.45) is -3.32. The second kappa shape index (κ2) is 4.26. The molecule has 18 heavy (non-hydrogen) atoms. The maximum absolute atomic E-state index is 13.0. The van der Waals surface area contributed by atoms with Crippen molar-refractivity contribution in [2.75, 3.05) is 7.05 Å². The zero-order valence-corrected chi connectivity index (χ0v) is 10.8. The fourth-order valence-corrected chi connectivity index (χ4v) is 2.68. The van der Waals surface area contributed by atoms with E-state index >= 15 is 0 Å². The van der Waals surface area contributed by atoms with Crippen LogP contribution in [0, 0.1) is 11.3 Å². The van der Waals surface area contributed by atoms with Crippen molar-refractivity contribution >= 4 is 0 Å². The maximum atomic E-state index is 13.0. The lowest BCUT2D eigenvalue weighted by molar-refractivity contribution is -0.138. The minimum Gasteiger partial charge on any atom is -0.313 e. The van der Waals surface area contributed by atoms with Crippen LogP contribution >= 0.6 is 0 Å². The Bertz CT molecular complexity index is 437. The largest absolute Gasteiger partial charge is 0.416 e.